The van der Waals surface area contributed by atoms with E-state index in [9.17, 15) is 112 Å². The molecule has 2 aliphatic rings. The van der Waals surface area contributed by atoms with Gasteiger partial charge in [0.05, 0.1) is 25.7 Å². The van der Waals surface area contributed by atoms with E-state index in [1.54, 1.807) is 72.9 Å². The largest absolute Gasteiger partial charge is 0.508 e. The Labute approximate surface area is 699 Å². The van der Waals surface area contributed by atoms with Crippen LogP contribution in [-0.4, -0.2) is 269 Å². The quantitative estimate of drug-likeness (QED) is 0.0169. The van der Waals surface area contributed by atoms with Crippen molar-refractivity contribution in [1.29, 1.82) is 0 Å². The first-order valence-electron chi connectivity index (χ1n) is 38.7. The molecule has 0 bridgehead atoms. The van der Waals surface area contributed by atoms with Gasteiger partial charge < -0.3 is 115 Å². The molecule has 3 heterocycles. The van der Waals surface area contributed by atoms with E-state index in [2.05, 4.69) is 94.0 Å². The molecule has 2 fully saturated rings. The lowest BCUT2D eigenvalue weighted by Crippen LogP contribution is -2.61. The maximum absolute atomic E-state index is 14.8. The summed E-state index contributed by atoms with van der Waals surface area (Å²) in [5, 5.41) is 89.2. The van der Waals surface area contributed by atoms with E-state index in [1.165, 1.54) is 62.1 Å². The topological polar surface area (TPSA) is 604 Å². The second kappa shape index (κ2) is 46.1. The number of amides is 14. The van der Waals surface area contributed by atoms with Crippen LogP contribution in [0, 0.1) is 5.92 Å². The minimum absolute atomic E-state index is 0.00432. The number of aliphatic carboxylic acids is 3. The zero-order chi connectivity index (χ0) is 88.0. The molecule has 2 saturated heterocycles. The number of H-pyrrole nitrogens is 1. The molecule has 13 atom stereocenters. The molecule has 21 N–H and O–H groups in total. The number of nitrogens with one attached hydrogen (secondary N) is 13. The molecule has 41 heteroatoms. The fraction of sp³-hybridized carbons (Fsp3) is 0.456. The van der Waals surface area contributed by atoms with Crippen molar-refractivity contribution in [2.45, 2.75) is 176 Å². The second-order valence-electron chi connectivity index (χ2n) is 29.2. The first kappa shape index (κ1) is 94.8. The number of aliphatic hydroxyl groups excluding tert-OH is 1. The average molecular weight is 1710 g/mol. The number of rotatable bonds is 45. The van der Waals surface area contributed by atoms with Crippen molar-refractivity contribution in [2.24, 2.45) is 11.7 Å². The predicted molar refractivity (Wildman–Crippen MR) is 435 cm³/mol. The minimum atomic E-state index is -1.72. The maximum atomic E-state index is 14.8. The first-order chi connectivity index (χ1) is 57.1. The van der Waals surface area contributed by atoms with Gasteiger partial charge >= 0.3 is 17.9 Å². The number of phenolic OH excluding ortho intramolecular Hbond substituents is 2. The number of carboxylic acid groups (broad SMARTS) is 3. The van der Waals surface area contributed by atoms with Crippen molar-refractivity contribution < 1.29 is 112 Å². The number of carbonyl (C=O) groups is 17. The summed E-state index contributed by atoms with van der Waals surface area (Å²) in [5.41, 5.74) is 9.01. The number of aromatic hydroxyl groups is 2. The van der Waals surface area contributed by atoms with Crippen LogP contribution in [0.5, 0.6) is 11.5 Å². The van der Waals surface area contributed by atoms with Crippen LogP contribution in [0.4, 0.5) is 0 Å². The molecular formula is C79H102N16O23S2. The molecule has 0 aliphatic carbocycles. The Morgan fingerprint density at radius 2 is 0.900 bits per heavy atom. The molecule has 7 rings (SSSR count). The van der Waals surface area contributed by atoms with Crippen molar-refractivity contribution >= 4 is 137 Å². The highest BCUT2D eigenvalue weighted by molar-refractivity contribution is 7.80. The Balaban J connectivity index is 0.955. The zero-order valence-corrected chi connectivity index (χ0v) is 67.7. The Kier molecular flexibility index (Phi) is 36.4. The number of nitrogens with two attached hydrogens (primary N) is 1. The summed E-state index contributed by atoms with van der Waals surface area (Å²) in [6.45, 7) is 1.63. The van der Waals surface area contributed by atoms with Gasteiger partial charge in [-0.25, -0.2) is 4.79 Å². The summed E-state index contributed by atoms with van der Waals surface area (Å²) in [6, 6.07) is 7.75. The number of aliphatic hydroxyl groups is 1. The number of hydrogen-bond donors (Lipinski definition) is 22. The number of hydrogen-bond acceptors (Lipinski definition) is 23. The van der Waals surface area contributed by atoms with E-state index in [0.717, 1.165) is 15.8 Å². The van der Waals surface area contributed by atoms with Gasteiger partial charge in [0.1, 0.15) is 84.0 Å². The van der Waals surface area contributed by atoms with Gasteiger partial charge in [-0.15, -0.1) is 0 Å². The third-order valence-electron chi connectivity index (χ3n) is 19.9. The zero-order valence-electron chi connectivity index (χ0n) is 65.9. The van der Waals surface area contributed by atoms with Crippen molar-refractivity contribution in [3.05, 3.63) is 132 Å². The van der Waals surface area contributed by atoms with Gasteiger partial charge in [0, 0.05) is 73.8 Å². The molecule has 0 unspecified atom stereocenters. The summed E-state index contributed by atoms with van der Waals surface area (Å²) in [4.78, 5) is 236. The summed E-state index contributed by atoms with van der Waals surface area (Å²) in [6.07, 6.45) is -0.666. The van der Waals surface area contributed by atoms with Gasteiger partial charge in [0.25, 0.3) is 0 Å². The lowest BCUT2D eigenvalue weighted by atomic mass is 10.0. The lowest BCUT2D eigenvalue weighted by Gasteiger charge is -2.30. The maximum Gasteiger partial charge on any atom is 0.326 e. The molecule has 14 amide bonds. The lowest BCUT2D eigenvalue weighted by molar-refractivity contribution is -0.150. The van der Waals surface area contributed by atoms with Gasteiger partial charge in [0.2, 0.25) is 82.7 Å². The summed E-state index contributed by atoms with van der Waals surface area (Å²) in [7, 11) is 0. The number of para-hydroxylation sites is 1. The Morgan fingerprint density at radius 1 is 0.458 bits per heavy atom. The van der Waals surface area contributed by atoms with Crippen molar-refractivity contribution in [2.75, 3.05) is 44.3 Å². The average Bonchev–Trinajstić information content (AvgIpc) is 1.64. The van der Waals surface area contributed by atoms with Crippen LogP contribution in [0.2, 0.25) is 0 Å². The van der Waals surface area contributed by atoms with Crippen LogP contribution in [0.1, 0.15) is 94.4 Å². The molecular weight excluding hydrogens is 1610 g/mol. The Morgan fingerprint density at radius 3 is 1.44 bits per heavy atom. The van der Waals surface area contributed by atoms with Crippen molar-refractivity contribution in [3.63, 3.8) is 0 Å². The fourth-order valence-corrected chi connectivity index (χ4v) is 13.9. The van der Waals surface area contributed by atoms with E-state index in [4.69, 9.17) is 5.73 Å². The minimum Gasteiger partial charge on any atom is -0.508 e. The van der Waals surface area contributed by atoms with Crippen molar-refractivity contribution in [3.8, 4) is 11.5 Å². The van der Waals surface area contributed by atoms with E-state index in [1.807, 2.05) is 0 Å². The van der Waals surface area contributed by atoms with E-state index >= 15 is 0 Å². The molecule has 120 heavy (non-hydrogen) atoms. The van der Waals surface area contributed by atoms with Gasteiger partial charge in [-0.1, -0.05) is 86.6 Å². The van der Waals surface area contributed by atoms with Crippen LogP contribution in [-0.2, 0) is 107 Å². The van der Waals surface area contributed by atoms with Gasteiger partial charge in [0.15, 0.2) is 0 Å². The number of carboxylic acids is 3. The van der Waals surface area contributed by atoms with E-state index < -0.39 is 236 Å². The normalized spacial score (nSPS) is 16.4. The number of aromatic nitrogens is 1. The number of likely N-dealkylation sites (tertiary alicyclic amines) is 2. The number of thiol groups is 2. The van der Waals surface area contributed by atoms with Gasteiger partial charge in [-0.3, -0.25) is 76.7 Å². The summed E-state index contributed by atoms with van der Waals surface area (Å²) < 4.78 is 0. The highest BCUT2D eigenvalue weighted by Crippen LogP contribution is 2.25. The van der Waals surface area contributed by atoms with Crippen LogP contribution in [0.25, 0.3) is 10.9 Å². The molecule has 0 saturated carbocycles. The van der Waals surface area contributed by atoms with E-state index in [0.29, 0.717) is 35.1 Å². The Bertz CT molecular complexity index is 4500. The molecule has 2 aliphatic heterocycles. The predicted octanol–water partition coefficient (Wildman–Crippen LogP) is -3.42. The number of benzene rings is 4. The van der Waals surface area contributed by atoms with Crippen molar-refractivity contribution in [1.82, 2.24) is 78.6 Å². The SMILES string of the molecule is CC(C)[C@H](NC(=O)CNC(=O)CNC(=O)[C@H](Cc1ccc(O)cc1)NC(=O)[C@H](CCC(=O)O)NC(=O)[C@H](C)NC(=O)[C@@H]1CCCN1C(=O)[C@H](Cc1c[nH]c2ccccc12)NC(=O)[C@H](CS)NC(=O)[C@@H](N)Cc1ccc(O)cc1)C(=O)N[C@@H](CCC(=O)O)C(=O)N[C@@H](CS)C(=O)N[C@@H](Cc1ccccc1)C(=O)N[C@@H](CO)C(=O)N1CCC[C@H]1C(=O)O. The van der Waals surface area contributed by atoms with E-state index in [-0.39, 0.29) is 68.9 Å². The molecule has 648 valence electrons. The number of carbonyl (C=O) groups excluding carboxylic acids is 14. The summed E-state index contributed by atoms with van der Waals surface area (Å²) in [5.74, 6) is -19.0. The van der Waals surface area contributed by atoms with Crippen LogP contribution in [0.3, 0.4) is 0 Å². The highest BCUT2D eigenvalue weighted by atomic mass is 32.1. The van der Waals surface area contributed by atoms with Crippen LogP contribution >= 0.6 is 25.3 Å². The standard InChI is InChI=1S/C79H102N16O23S2/c1-41(2)66(76(114)86-53(26-28-65(103)104)71(109)92-59(40-120)73(111)88-55(32-43-11-5-4-6-12-43)72(110)90-57(38-96)78(116)95-30-10-16-61(95)79(117)118)93-63(100)37-82-62(99)36-83-69(107)54(33-45-19-23-48(98)24-20-45)87-70(108)52(25-27-64(101)102)85-67(105)42(3)84-75(113)60-15-9-29-94(60)77(115)56(34-46-35-81-51-14-8-7-13-49(46)51)89-74(112)58(39-119)91-68(106)50(80)31-44-17-21-47(97)22-18-44/h4-8,11-14,17-24,35,41-42,50,52-61,66,81,96-98,119-120H,9-10,15-16,25-34,36-40,80H2,1-3H3,(H,82,99)(H,83,107)(H,84,113)(H,85,105)(H,86,114)(H,87,108)(H,88,111)(H,89,112)(H,90,110)(H,91,106)(H,92,109)(H,93,100)(H,101,102)(H,103,104)(H,117,118)/t42-,50-,52-,53-,54-,55-,56-,57-,58-,59-,60-,61-,66-/m0/s1. The van der Waals surface area contributed by atoms with Gasteiger partial charge in [-0.2, -0.15) is 25.3 Å². The second-order valence-corrected chi connectivity index (χ2v) is 30.0. The molecule has 39 nitrogen and oxygen atoms in total. The van der Waals surface area contributed by atoms with Crippen LogP contribution in [0.15, 0.2) is 109 Å². The third-order valence-corrected chi connectivity index (χ3v) is 20.6. The monoisotopic (exact) mass is 1710 g/mol. The molecule has 4 aromatic carbocycles. The number of fused-ring (bicyclic) bond motifs is 1. The van der Waals surface area contributed by atoms with Gasteiger partial charge in [-0.05, 0) is 110 Å². The molecule has 5 aromatic rings. The number of phenols is 2. The first-order valence-corrected chi connectivity index (χ1v) is 39.9. The van der Waals surface area contributed by atoms with Crippen LogP contribution < -0.4 is 69.5 Å². The molecule has 0 radical (unpaired) electrons. The fourth-order valence-electron chi connectivity index (χ4n) is 13.3. The summed E-state index contributed by atoms with van der Waals surface area (Å²) >= 11 is 8.53. The highest BCUT2D eigenvalue weighted by Gasteiger charge is 2.43. The number of nitrogens with zero attached hydrogens (tertiary/aromatic N) is 2. The molecule has 1 aromatic heterocycles. The Hall–Kier alpha value is -12.4. The third kappa shape index (κ3) is 28.4. The number of aromatic amines is 1. The smallest absolute Gasteiger partial charge is 0.326 e. The molecule has 0 spiro atoms.